The molecule has 0 aliphatic rings. The second-order valence-electron chi connectivity index (χ2n) is 6.08. The summed E-state index contributed by atoms with van der Waals surface area (Å²) in [6, 6.07) is 24.8. The Labute approximate surface area is 172 Å². The molecule has 0 aliphatic carbocycles. The second kappa shape index (κ2) is 8.99. The predicted octanol–water partition coefficient (Wildman–Crippen LogP) is 4.53. The molecule has 1 N–H and O–H groups in total. The van der Waals surface area contributed by atoms with Crippen molar-refractivity contribution < 1.29 is 4.74 Å². The van der Waals surface area contributed by atoms with Crippen molar-refractivity contribution in [1.29, 1.82) is 0 Å². The molecule has 0 saturated heterocycles. The van der Waals surface area contributed by atoms with Gasteiger partial charge in [-0.05, 0) is 52.4 Å². The van der Waals surface area contributed by atoms with Gasteiger partial charge in [-0.2, -0.15) is 5.10 Å². The molecular formula is C21H17ClN6O. The van der Waals surface area contributed by atoms with Crippen LogP contribution in [0.5, 0.6) is 5.75 Å². The van der Waals surface area contributed by atoms with Crippen LogP contribution in [-0.2, 0) is 6.61 Å². The average Bonchev–Trinajstić information content (AvgIpc) is 3.20. The van der Waals surface area contributed by atoms with Crippen molar-refractivity contribution in [1.82, 2.24) is 20.3 Å². The van der Waals surface area contributed by atoms with Gasteiger partial charge < -0.3 is 10.1 Å². The molecule has 0 aliphatic heterocycles. The van der Waals surface area contributed by atoms with E-state index in [1.807, 2.05) is 78.9 Å². The molecule has 144 valence electrons. The molecule has 0 spiro atoms. The molecule has 8 heteroatoms. The number of aromatic nitrogens is 4. The summed E-state index contributed by atoms with van der Waals surface area (Å²) in [7, 11) is 0. The van der Waals surface area contributed by atoms with Gasteiger partial charge in [0.25, 0.3) is 5.95 Å². The highest BCUT2D eigenvalue weighted by Gasteiger charge is 2.06. The minimum atomic E-state index is 0.409. The Balaban J connectivity index is 1.48. The first-order chi connectivity index (χ1) is 14.3. The van der Waals surface area contributed by atoms with Crippen LogP contribution in [0, 0.1) is 0 Å². The third-order valence-corrected chi connectivity index (χ3v) is 4.27. The number of hydrogen-bond donors (Lipinski definition) is 1. The average molecular weight is 405 g/mol. The van der Waals surface area contributed by atoms with Gasteiger partial charge in [-0.25, -0.2) is 0 Å². The van der Waals surface area contributed by atoms with E-state index in [1.165, 1.54) is 4.79 Å². The van der Waals surface area contributed by atoms with E-state index < -0.39 is 0 Å². The summed E-state index contributed by atoms with van der Waals surface area (Å²) in [5, 5.41) is 19.7. The van der Waals surface area contributed by atoms with E-state index in [0.29, 0.717) is 23.3 Å². The Hall–Kier alpha value is -3.71. The van der Waals surface area contributed by atoms with Gasteiger partial charge in [0.15, 0.2) is 0 Å². The van der Waals surface area contributed by atoms with Gasteiger partial charge in [0, 0.05) is 16.3 Å². The Morgan fingerprint density at radius 2 is 1.72 bits per heavy atom. The lowest BCUT2D eigenvalue weighted by atomic mass is 10.2. The SMILES string of the molecule is Clc1ccc(COc2ccccc2C=Nn2nnnc2Nc2ccccc2)cc1. The summed E-state index contributed by atoms with van der Waals surface area (Å²) in [5.74, 6) is 1.11. The largest absolute Gasteiger partial charge is 0.488 e. The zero-order valence-corrected chi connectivity index (χ0v) is 16.1. The van der Waals surface area contributed by atoms with Gasteiger partial charge >= 0.3 is 0 Å². The highest BCUT2D eigenvalue weighted by atomic mass is 35.5. The molecule has 4 rings (SSSR count). The van der Waals surface area contributed by atoms with Gasteiger partial charge in [0.1, 0.15) is 12.4 Å². The molecule has 7 nitrogen and oxygen atoms in total. The molecule has 1 heterocycles. The lowest BCUT2D eigenvalue weighted by molar-refractivity contribution is 0.306. The molecule has 3 aromatic carbocycles. The van der Waals surface area contributed by atoms with Crippen LogP contribution in [-0.4, -0.2) is 26.5 Å². The number of tetrazole rings is 1. The fourth-order valence-electron chi connectivity index (χ4n) is 2.56. The molecule has 0 radical (unpaired) electrons. The number of hydrogen-bond acceptors (Lipinski definition) is 6. The van der Waals surface area contributed by atoms with Gasteiger partial charge in [-0.3, -0.25) is 0 Å². The van der Waals surface area contributed by atoms with Crippen molar-refractivity contribution in [3.05, 3.63) is 95.0 Å². The van der Waals surface area contributed by atoms with Crippen molar-refractivity contribution in [3.8, 4) is 5.75 Å². The molecule has 0 saturated carbocycles. The first-order valence-electron chi connectivity index (χ1n) is 8.89. The minimum absolute atomic E-state index is 0.409. The van der Waals surface area contributed by atoms with E-state index in [9.17, 15) is 0 Å². The van der Waals surface area contributed by atoms with Gasteiger partial charge in [0.05, 0.1) is 6.21 Å². The van der Waals surface area contributed by atoms with Crippen LogP contribution >= 0.6 is 11.6 Å². The van der Waals surface area contributed by atoms with Gasteiger partial charge in [-0.15, -0.1) is 0 Å². The summed E-state index contributed by atoms with van der Waals surface area (Å²) in [4.78, 5) is 1.32. The number of benzene rings is 3. The number of para-hydroxylation sites is 2. The number of nitrogens with zero attached hydrogens (tertiary/aromatic N) is 5. The smallest absolute Gasteiger partial charge is 0.269 e. The van der Waals surface area contributed by atoms with Crippen LogP contribution in [0.15, 0.2) is 84.0 Å². The zero-order valence-electron chi connectivity index (χ0n) is 15.3. The first kappa shape index (κ1) is 18.6. The molecule has 0 amide bonds. The first-order valence-corrected chi connectivity index (χ1v) is 9.27. The number of rotatable bonds is 7. The molecular weight excluding hydrogens is 388 g/mol. The highest BCUT2D eigenvalue weighted by molar-refractivity contribution is 6.30. The Morgan fingerprint density at radius 3 is 2.55 bits per heavy atom. The third kappa shape index (κ3) is 4.97. The maximum atomic E-state index is 5.95. The zero-order chi connectivity index (χ0) is 19.9. The van der Waals surface area contributed by atoms with E-state index >= 15 is 0 Å². The summed E-state index contributed by atoms with van der Waals surface area (Å²) in [6.45, 7) is 0.424. The van der Waals surface area contributed by atoms with E-state index in [4.69, 9.17) is 16.3 Å². The van der Waals surface area contributed by atoms with E-state index in [-0.39, 0.29) is 0 Å². The molecule has 1 aromatic heterocycles. The fraction of sp³-hybridized carbons (Fsp3) is 0.0476. The fourth-order valence-corrected chi connectivity index (χ4v) is 2.69. The quantitative estimate of drug-likeness (QED) is 0.458. The minimum Gasteiger partial charge on any atom is -0.488 e. The summed E-state index contributed by atoms with van der Waals surface area (Å²) in [6.07, 6.45) is 1.66. The summed E-state index contributed by atoms with van der Waals surface area (Å²) >= 11 is 5.93. The van der Waals surface area contributed by atoms with Crippen LogP contribution in [0.25, 0.3) is 0 Å². The van der Waals surface area contributed by atoms with E-state index in [0.717, 1.165) is 16.8 Å². The number of halogens is 1. The Kier molecular flexibility index (Phi) is 5.78. The van der Waals surface area contributed by atoms with Gasteiger partial charge in [-0.1, -0.05) is 64.0 Å². The Bertz CT molecular complexity index is 1100. The molecule has 0 bridgehead atoms. The van der Waals surface area contributed by atoms with Crippen molar-refractivity contribution in [3.63, 3.8) is 0 Å². The number of anilines is 2. The summed E-state index contributed by atoms with van der Waals surface area (Å²) in [5.41, 5.74) is 2.70. The molecule has 29 heavy (non-hydrogen) atoms. The van der Waals surface area contributed by atoms with Crippen LogP contribution in [0.2, 0.25) is 5.02 Å². The lowest BCUT2D eigenvalue weighted by Crippen LogP contribution is -2.02. The monoisotopic (exact) mass is 404 g/mol. The molecule has 4 aromatic rings. The topological polar surface area (TPSA) is 77.2 Å². The maximum absolute atomic E-state index is 5.95. The lowest BCUT2D eigenvalue weighted by Gasteiger charge is -2.09. The van der Waals surface area contributed by atoms with Gasteiger partial charge in [0.2, 0.25) is 0 Å². The van der Waals surface area contributed by atoms with Crippen molar-refractivity contribution >= 4 is 29.5 Å². The van der Waals surface area contributed by atoms with Crippen LogP contribution in [0.3, 0.4) is 0 Å². The third-order valence-electron chi connectivity index (χ3n) is 4.02. The van der Waals surface area contributed by atoms with Crippen LogP contribution in [0.1, 0.15) is 11.1 Å². The van der Waals surface area contributed by atoms with Crippen molar-refractivity contribution in [2.45, 2.75) is 6.61 Å². The normalized spacial score (nSPS) is 10.9. The summed E-state index contributed by atoms with van der Waals surface area (Å²) < 4.78 is 5.95. The van der Waals surface area contributed by atoms with Crippen LogP contribution < -0.4 is 10.1 Å². The number of nitrogens with one attached hydrogen (secondary N) is 1. The van der Waals surface area contributed by atoms with Crippen molar-refractivity contribution in [2.75, 3.05) is 5.32 Å². The predicted molar refractivity (Wildman–Crippen MR) is 113 cm³/mol. The van der Waals surface area contributed by atoms with E-state index in [1.54, 1.807) is 6.21 Å². The molecule has 0 unspecified atom stereocenters. The molecule has 0 atom stereocenters. The maximum Gasteiger partial charge on any atom is 0.269 e. The Morgan fingerprint density at radius 1 is 0.966 bits per heavy atom. The number of ether oxygens (including phenoxy) is 1. The van der Waals surface area contributed by atoms with E-state index in [2.05, 4.69) is 25.9 Å². The standard InChI is InChI=1S/C21H17ClN6O/c22-18-12-10-16(11-13-18)15-29-20-9-5-4-6-17(20)14-23-28-21(25-26-27-28)24-19-7-2-1-3-8-19/h1-14H,15H2,(H,24,25,27). The van der Waals surface area contributed by atoms with Crippen LogP contribution in [0.4, 0.5) is 11.6 Å². The second-order valence-corrected chi connectivity index (χ2v) is 6.52. The highest BCUT2D eigenvalue weighted by Crippen LogP contribution is 2.19. The van der Waals surface area contributed by atoms with Crippen molar-refractivity contribution in [2.24, 2.45) is 5.10 Å². The molecule has 0 fully saturated rings.